The maximum absolute atomic E-state index is 11.7. The summed E-state index contributed by atoms with van der Waals surface area (Å²) in [5.74, 6) is 0.454. The summed E-state index contributed by atoms with van der Waals surface area (Å²) >= 11 is 3.33. The maximum Gasteiger partial charge on any atom is 0.251 e. The Morgan fingerprint density at radius 2 is 2.24 bits per heavy atom. The lowest BCUT2D eigenvalue weighted by Gasteiger charge is -2.08. The molecule has 0 atom stereocenters. The second-order valence-electron chi connectivity index (χ2n) is 4.24. The number of amides is 1. The summed E-state index contributed by atoms with van der Waals surface area (Å²) in [5, 5.41) is 2.82. The fourth-order valence-corrected chi connectivity index (χ4v) is 1.69. The maximum atomic E-state index is 11.7. The van der Waals surface area contributed by atoms with Crippen LogP contribution in [-0.4, -0.2) is 25.7 Å². The van der Waals surface area contributed by atoms with Gasteiger partial charge in [-0.15, -0.1) is 0 Å². The van der Waals surface area contributed by atoms with E-state index in [9.17, 15) is 4.79 Å². The molecule has 0 fully saturated rings. The van der Waals surface area contributed by atoms with Gasteiger partial charge >= 0.3 is 0 Å². The van der Waals surface area contributed by atoms with Gasteiger partial charge in [0.15, 0.2) is 0 Å². The lowest BCUT2D eigenvalue weighted by atomic mass is 10.2. The molecule has 0 unspecified atom stereocenters. The SMILES string of the molecule is CC(C)COCCNC(=O)c1cccc(Br)c1. The standard InChI is InChI=1S/C13H18BrNO2/c1-10(2)9-17-7-6-15-13(16)11-4-3-5-12(14)8-11/h3-5,8,10H,6-7,9H2,1-2H3,(H,15,16). The Bertz CT molecular complexity index is 366. The van der Waals surface area contributed by atoms with Crippen LogP contribution in [0.25, 0.3) is 0 Å². The summed E-state index contributed by atoms with van der Waals surface area (Å²) in [7, 11) is 0. The van der Waals surface area contributed by atoms with Crippen LogP contribution in [0.15, 0.2) is 28.7 Å². The zero-order chi connectivity index (χ0) is 12.7. The molecule has 0 aliphatic carbocycles. The number of nitrogens with one attached hydrogen (secondary N) is 1. The minimum absolute atomic E-state index is 0.0700. The zero-order valence-corrected chi connectivity index (χ0v) is 11.8. The monoisotopic (exact) mass is 299 g/mol. The third-order valence-corrected chi connectivity index (χ3v) is 2.56. The Labute approximate surface area is 111 Å². The highest BCUT2D eigenvalue weighted by Gasteiger charge is 2.04. The van der Waals surface area contributed by atoms with Gasteiger partial charge in [-0.25, -0.2) is 0 Å². The van der Waals surface area contributed by atoms with Gasteiger partial charge in [-0.3, -0.25) is 4.79 Å². The third kappa shape index (κ3) is 5.84. The van der Waals surface area contributed by atoms with Crippen LogP contribution in [0.2, 0.25) is 0 Å². The number of halogens is 1. The van der Waals surface area contributed by atoms with Gasteiger partial charge < -0.3 is 10.1 Å². The van der Waals surface area contributed by atoms with Gasteiger partial charge in [0, 0.05) is 23.2 Å². The molecule has 1 aromatic rings. The van der Waals surface area contributed by atoms with Crippen molar-refractivity contribution >= 4 is 21.8 Å². The van der Waals surface area contributed by atoms with Crippen LogP contribution >= 0.6 is 15.9 Å². The van der Waals surface area contributed by atoms with E-state index < -0.39 is 0 Å². The van der Waals surface area contributed by atoms with Crippen LogP contribution in [0.5, 0.6) is 0 Å². The average Bonchev–Trinajstić information content (AvgIpc) is 2.28. The van der Waals surface area contributed by atoms with Gasteiger partial charge in [0.05, 0.1) is 6.61 Å². The highest BCUT2D eigenvalue weighted by molar-refractivity contribution is 9.10. The van der Waals surface area contributed by atoms with E-state index in [0.717, 1.165) is 11.1 Å². The molecular weight excluding hydrogens is 282 g/mol. The van der Waals surface area contributed by atoms with E-state index >= 15 is 0 Å². The van der Waals surface area contributed by atoms with E-state index in [2.05, 4.69) is 35.1 Å². The molecule has 0 aromatic heterocycles. The van der Waals surface area contributed by atoms with E-state index in [1.165, 1.54) is 0 Å². The van der Waals surface area contributed by atoms with Crippen LogP contribution in [0, 0.1) is 5.92 Å². The predicted molar refractivity (Wildman–Crippen MR) is 72.1 cm³/mol. The first kappa shape index (κ1) is 14.2. The van der Waals surface area contributed by atoms with Crippen molar-refractivity contribution in [1.29, 1.82) is 0 Å². The van der Waals surface area contributed by atoms with Crippen LogP contribution in [0.1, 0.15) is 24.2 Å². The number of rotatable bonds is 6. The molecule has 0 saturated carbocycles. The molecule has 0 heterocycles. The van der Waals surface area contributed by atoms with E-state index in [1.807, 2.05) is 12.1 Å². The topological polar surface area (TPSA) is 38.3 Å². The highest BCUT2D eigenvalue weighted by atomic mass is 79.9. The number of hydrogen-bond donors (Lipinski definition) is 1. The average molecular weight is 300 g/mol. The Morgan fingerprint density at radius 3 is 2.88 bits per heavy atom. The van der Waals surface area contributed by atoms with Gasteiger partial charge in [-0.1, -0.05) is 35.8 Å². The molecule has 4 heteroatoms. The molecular formula is C13H18BrNO2. The number of ether oxygens (including phenoxy) is 1. The van der Waals surface area contributed by atoms with E-state index in [0.29, 0.717) is 24.6 Å². The van der Waals surface area contributed by atoms with Gasteiger partial charge in [-0.05, 0) is 24.1 Å². The first-order chi connectivity index (χ1) is 8.09. The van der Waals surface area contributed by atoms with Crippen LogP contribution < -0.4 is 5.32 Å². The molecule has 94 valence electrons. The first-order valence-electron chi connectivity index (χ1n) is 5.71. The van der Waals surface area contributed by atoms with Crippen LogP contribution in [0.3, 0.4) is 0 Å². The molecule has 0 radical (unpaired) electrons. The minimum atomic E-state index is -0.0700. The Hall–Kier alpha value is -0.870. The molecule has 0 bridgehead atoms. The van der Waals surface area contributed by atoms with Gasteiger partial charge in [0.2, 0.25) is 0 Å². The largest absolute Gasteiger partial charge is 0.379 e. The fourth-order valence-electron chi connectivity index (χ4n) is 1.29. The third-order valence-electron chi connectivity index (χ3n) is 2.07. The van der Waals surface area contributed by atoms with Crippen molar-refractivity contribution in [3.05, 3.63) is 34.3 Å². The van der Waals surface area contributed by atoms with E-state index in [4.69, 9.17) is 4.74 Å². The Kier molecular flexibility index (Phi) is 6.22. The molecule has 0 spiro atoms. The Balaban J connectivity index is 2.26. The highest BCUT2D eigenvalue weighted by Crippen LogP contribution is 2.11. The van der Waals surface area contributed by atoms with Crippen molar-refractivity contribution in [3.8, 4) is 0 Å². The molecule has 0 aliphatic rings. The molecule has 1 amide bonds. The molecule has 1 rings (SSSR count). The van der Waals surface area contributed by atoms with Gasteiger partial charge in [-0.2, -0.15) is 0 Å². The quantitative estimate of drug-likeness (QED) is 0.820. The second kappa shape index (κ2) is 7.45. The van der Waals surface area contributed by atoms with Gasteiger partial charge in [0.25, 0.3) is 5.91 Å². The van der Waals surface area contributed by atoms with Crippen LogP contribution in [0.4, 0.5) is 0 Å². The molecule has 3 nitrogen and oxygen atoms in total. The number of hydrogen-bond acceptors (Lipinski definition) is 2. The molecule has 1 aromatic carbocycles. The normalized spacial score (nSPS) is 10.6. The van der Waals surface area contributed by atoms with Crippen molar-refractivity contribution in [2.75, 3.05) is 19.8 Å². The zero-order valence-electron chi connectivity index (χ0n) is 10.2. The molecule has 17 heavy (non-hydrogen) atoms. The van der Waals surface area contributed by atoms with Crippen molar-refractivity contribution in [3.63, 3.8) is 0 Å². The summed E-state index contributed by atoms with van der Waals surface area (Å²) in [5.41, 5.74) is 0.656. The summed E-state index contributed by atoms with van der Waals surface area (Å²) < 4.78 is 6.28. The van der Waals surface area contributed by atoms with Crippen molar-refractivity contribution in [2.24, 2.45) is 5.92 Å². The number of carbonyl (C=O) groups is 1. The lowest BCUT2D eigenvalue weighted by Crippen LogP contribution is -2.27. The summed E-state index contributed by atoms with van der Waals surface area (Å²) in [6.07, 6.45) is 0. The van der Waals surface area contributed by atoms with Crippen molar-refractivity contribution in [2.45, 2.75) is 13.8 Å². The Morgan fingerprint density at radius 1 is 1.47 bits per heavy atom. The van der Waals surface area contributed by atoms with Crippen molar-refractivity contribution in [1.82, 2.24) is 5.32 Å². The van der Waals surface area contributed by atoms with E-state index in [1.54, 1.807) is 12.1 Å². The van der Waals surface area contributed by atoms with E-state index in [-0.39, 0.29) is 5.91 Å². The smallest absolute Gasteiger partial charge is 0.251 e. The molecule has 0 saturated heterocycles. The minimum Gasteiger partial charge on any atom is -0.379 e. The van der Waals surface area contributed by atoms with Crippen LogP contribution in [-0.2, 0) is 4.74 Å². The summed E-state index contributed by atoms with van der Waals surface area (Å²) in [6, 6.07) is 7.32. The van der Waals surface area contributed by atoms with Crippen molar-refractivity contribution < 1.29 is 9.53 Å². The van der Waals surface area contributed by atoms with Gasteiger partial charge in [0.1, 0.15) is 0 Å². The summed E-state index contributed by atoms with van der Waals surface area (Å²) in [6.45, 7) is 6.02. The molecule has 1 N–H and O–H groups in total. The molecule has 0 aliphatic heterocycles. The fraction of sp³-hybridized carbons (Fsp3) is 0.462. The first-order valence-corrected chi connectivity index (χ1v) is 6.50. The lowest BCUT2D eigenvalue weighted by molar-refractivity contribution is 0.0886. The number of carbonyl (C=O) groups excluding carboxylic acids is 1. The summed E-state index contributed by atoms with van der Waals surface area (Å²) in [4.78, 5) is 11.7. The second-order valence-corrected chi connectivity index (χ2v) is 5.15. The number of benzene rings is 1. The predicted octanol–water partition coefficient (Wildman–Crippen LogP) is 2.85.